The monoisotopic (exact) mass is 477 g/mol. The smallest absolute Gasteiger partial charge is 0.290 e. The van der Waals surface area contributed by atoms with Gasteiger partial charge in [-0.15, -0.1) is 4.41 Å². The second-order valence-electron chi connectivity index (χ2n) is 9.41. The summed E-state index contributed by atoms with van der Waals surface area (Å²) in [6.45, 7) is 3.01. The summed E-state index contributed by atoms with van der Waals surface area (Å²) in [6, 6.07) is 19.2. The van der Waals surface area contributed by atoms with Crippen LogP contribution >= 0.6 is 0 Å². The van der Waals surface area contributed by atoms with Crippen LogP contribution in [0.5, 0.6) is 0 Å². The molecule has 1 fully saturated rings. The minimum Gasteiger partial charge on any atom is -0.364 e. The first-order chi connectivity index (χ1) is 16.3. The average Bonchev–Trinajstić information content (AvgIpc) is 2.92. The molecule has 3 heterocycles. The Morgan fingerprint density at radius 2 is 1.68 bits per heavy atom. The molecule has 2 N–H and O–H groups in total. The quantitative estimate of drug-likeness (QED) is 0.576. The first kappa shape index (κ1) is 23.0. The lowest BCUT2D eigenvalue weighted by molar-refractivity contribution is 0.0596. The molecule has 178 valence electrons. The van der Waals surface area contributed by atoms with E-state index in [1.54, 1.807) is 19.1 Å². The Bertz CT molecular complexity index is 1300. The molecule has 0 radical (unpaired) electrons. The van der Waals surface area contributed by atoms with Crippen LogP contribution in [-0.4, -0.2) is 49.5 Å². The van der Waals surface area contributed by atoms with E-state index >= 15 is 0 Å². The number of nitrogens with zero attached hydrogens (tertiary/aromatic N) is 4. The molecular weight excluding hydrogens is 446 g/mol. The van der Waals surface area contributed by atoms with E-state index in [2.05, 4.69) is 59.3 Å². The third-order valence-corrected chi connectivity index (χ3v) is 8.33. The summed E-state index contributed by atoms with van der Waals surface area (Å²) in [5.74, 6) is 0.209. The molecule has 0 saturated carbocycles. The molecule has 1 saturated heterocycles. The van der Waals surface area contributed by atoms with Gasteiger partial charge in [0.15, 0.2) is 0 Å². The normalized spacial score (nSPS) is 22.2. The van der Waals surface area contributed by atoms with Gasteiger partial charge in [-0.05, 0) is 64.9 Å². The Kier molecular flexibility index (Phi) is 5.93. The van der Waals surface area contributed by atoms with Crippen LogP contribution in [0.1, 0.15) is 48.4 Å². The van der Waals surface area contributed by atoms with E-state index in [0.717, 1.165) is 12.1 Å². The van der Waals surface area contributed by atoms with E-state index in [1.165, 1.54) is 32.4 Å². The highest BCUT2D eigenvalue weighted by molar-refractivity contribution is 7.86. The summed E-state index contributed by atoms with van der Waals surface area (Å²) >= 11 is 0. The maximum Gasteiger partial charge on any atom is 0.290 e. The maximum absolute atomic E-state index is 12.4. The fraction of sp³-hybridized carbons (Fsp3) is 0.346. The summed E-state index contributed by atoms with van der Waals surface area (Å²) in [4.78, 5) is 6.62. The van der Waals surface area contributed by atoms with Crippen LogP contribution in [0.3, 0.4) is 0 Å². The predicted octanol–water partition coefficient (Wildman–Crippen LogP) is 3.91. The number of aromatic nitrogens is 1. The number of anilines is 1. The molecule has 1 aromatic heterocycles. The molecule has 0 aliphatic carbocycles. The van der Waals surface area contributed by atoms with Crippen molar-refractivity contribution in [2.24, 2.45) is 5.14 Å². The summed E-state index contributed by atoms with van der Waals surface area (Å²) in [5, 5.41) is 7.21. The van der Waals surface area contributed by atoms with Crippen molar-refractivity contribution in [2.75, 3.05) is 25.5 Å². The number of rotatable bonds is 4. The van der Waals surface area contributed by atoms with Gasteiger partial charge in [-0.2, -0.15) is 8.42 Å². The van der Waals surface area contributed by atoms with Crippen LogP contribution in [0.25, 0.3) is 11.1 Å². The number of hydrogen-bond donors (Lipinski definition) is 1. The molecule has 5 rings (SSSR count). The van der Waals surface area contributed by atoms with Crippen molar-refractivity contribution in [3.8, 4) is 11.1 Å². The van der Waals surface area contributed by atoms with Gasteiger partial charge in [-0.3, -0.25) is 4.98 Å². The minimum absolute atomic E-state index is 0.0645. The number of piperidine rings is 1. The topological polar surface area (TPSA) is 82.8 Å². The Hall–Kier alpha value is -2.78. The highest BCUT2D eigenvalue weighted by Gasteiger charge is 2.40. The van der Waals surface area contributed by atoms with Crippen LogP contribution in [-0.2, 0) is 10.2 Å². The molecule has 2 aromatic carbocycles. The molecule has 2 aliphatic rings. The number of hydrogen-bond acceptors (Lipinski definition) is 5. The molecule has 0 unspecified atom stereocenters. The Labute approximate surface area is 202 Å². The van der Waals surface area contributed by atoms with E-state index in [1.807, 2.05) is 24.5 Å². The molecule has 3 aromatic rings. The molecule has 0 spiro atoms. The van der Waals surface area contributed by atoms with Crippen LogP contribution in [0.15, 0.2) is 67.0 Å². The van der Waals surface area contributed by atoms with Crippen molar-refractivity contribution in [1.82, 2.24) is 14.4 Å². The molecular formula is C26H31N5O2S. The second-order valence-corrected chi connectivity index (χ2v) is 10.8. The van der Waals surface area contributed by atoms with Gasteiger partial charge in [0.1, 0.15) is 0 Å². The van der Waals surface area contributed by atoms with Gasteiger partial charge in [0, 0.05) is 50.7 Å². The lowest BCUT2D eigenvalue weighted by Gasteiger charge is -2.45. The largest absolute Gasteiger partial charge is 0.364 e. The van der Waals surface area contributed by atoms with Crippen LogP contribution in [0.4, 0.5) is 5.69 Å². The second kappa shape index (κ2) is 8.78. The van der Waals surface area contributed by atoms with Crippen molar-refractivity contribution in [2.45, 2.75) is 37.8 Å². The van der Waals surface area contributed by atoms with Crippen LogP contribution in [0, 0.1) is 0 Å². The number of hydrazine groups is 1. The third kappa shape index (κ3) is 4.01. The standard InChI is InChI=1S/C26H31N5O2S/c1-18-22-6-4-5-7-23(22)26-17-21(31(29(2)3)34(27,32)33)12-15-30(26)25-9-8-20(16-24(18)25)19-10-13-28-14-11-19/h4-11,13-14,16,18,21,26H,12,15,17H2,1-3H3,(H2,27,32,33)/t18-,21-,26-/m1/s1. The SMILES string of the molecule is C[C@@H]1c2ccccc2[C@H]2C[C@H](N(N(C)C)S(N)(=O)=O)CCN2c2ccc(-c3ccncc3)cc21. The van der Waals surface area contributed by atoms with Gasteiger partial charge in [-0.25, -0.2) is 10.1 Å². The molecule has 0 amide bonds. The minimum atomic E-state index is -3.86. The third-order valence-electron chi connectivity index (χ3n) is 7.18. The highest BCUT2D eigenvalue weighted by Crippen LogP contribution is 2.48. The van der Waals surface area contributed by atoms with Crippen LogP contribution in [0.2, 0.25) is 0 Å². The predicted molar refractivity (Wildman–Crippen MR) is 135 cm³/mol. The molecule has 0 bridgehead atoms. The zero-order valence-electron chi connectivity index (χ0n) is 19.8. The zero-order valence-corrected chi connectivity index (χ0v) is 20.6. The van der Waals surface area contributed by atoms with Gasteiger partial charge in [0.05, 0.1) is 6.04 Å². The summed E-state index contributed by atoms with van der Waals surface area (Å²) in [6.07, 6.45) is 5.02. The fourth-order valence-electron chi connectivity index (χ4n) is 5.76. The Morgan fingerprint density at radius 3 is 2.35 bits per heavy atom. The van der Waals surface area contributed by atoms with Gasteiger partial charge >= 0.3 is 0 Å². The van der Waals surface area contributed by atoms with Gasteiger partial charge in [-0.1, -0.05) is 37.3 Å². The summed E-state index contributed by atoms with van der Waals surface area (Å²) in [7, 11) is -0.396. The highest BCUT2D eigenvalue weighted by atomic mass is 32.2. The van der Waals surface area contributed by atoms with Crippen LogP contribution < -0.4 is 10.0 Å². The van der Waals surface area contributed by atoms with Gasteiger partial charge in [0.25, 0.3) is 10.2 Å². The summed E-state index contributed by atoms with van der Waals surface area (Å²) < 4.78 is 26.2. The van der Waals surface area contributed by atoms with Crippen molar-refractivity contribution in [3.05, 3.63) is 83.7 Å². The van der Waals surface area contributed by atoms with E-state index in [0.29, 0.717) is 12.8 Å². The van der Waals surface area contributed by atoms with Gasteiger partial charge < -0.3 is 4.90 Å². The average molecular weight is 478 g/mol. The fourth-order valence-corrected chi connectivity index (χ4v) is 6.82. The number of benzene rings is 2. The van der Waals surface area contributed by atoms with E-state index < -0.39 is 10.2 Å². The number of pyridine rings is 1. The zero-order chi connectivity index (χ0) is 24.0. The van der Waals surface area contributed by atoms with Crippen molar-refractivity contribution < 1.29 is 8.42 Å². The van der Waals surface area contributed by atoms with E-state index in [-0.39, 0.29) is 18.0 Å². The Morgan fingerprint density at radius 1 is 0.971 bits per heavy atom. The number of fused-ring (bicyclic) bond motifs is 5. The van der Waals surface area contributed by atoms with Gasteiger partial charge in [0.2, 0.25) is 0 Å². The van der Waals surface area contributed by atoms with Crippen molar-refractivity contribution in [1.29, 1.82) is 0 Å². The van der Waals surface area contributed by atoms with E-state index in [9.17, 15) is 8.42 Å². The summed E-state index contributed by atoms with van der Waals surface area (Å²) in [5.41, 5.74) is 7.38. The molecule has 7 nitrogen and oxygen atoms in total. The molecule has 3 atom stereocenters. The Balaban J connectivity index is 1.61. The van der Waals surface area contributed by atoms with Crippen molar-refractivity contribution in [3.63, 3.8) is 0 Å². The molecule has 34 heavy (non-hydrogen) atoms. The van der Waals surface area contributed by atoms with E-state index in [4.69, 9.17) is 5.14 Å². The molecule has 8 heteroatoms. The van der Waals surface area contributed by atoms with Crippen molar-refractivity contribution >= 4 is 15.9 Å². The molecule has 2 aliphatic heterocycles. The lowest BCUT2D eigenvalue weighted by Crippen LogP contribution is -2.55. The number of nitrogens with two attached hydrogens (primary N) is 1. The lowest BCUT2D eigenvalue weighted by atomic mass is 9.86. The first-order valence-electron chi connectivity index (χ1n) is 11.6. The maximum atomic E-state index is 12.4. The first-order valence-corrected chi connectivity index (χ1v) is 13.1.